The topological polar surface area (TPSA) is 133 Å². The van der Waals surface area contributed by atoms with Gasteiger partial charge in [0.15, 0.2) is 0 Å². The van der Waals surface area contributed by atoms with Crippen LogP contribution < -0.4 is 11.1 Å². The van der Waals surface area contributed by atoms with Crippen molar-refractivity contribution in [1.82, 2.24) is 9.78 Å². The molecule has 2 heterocycles. The van der Waals surface area contributed by atoms with Crippen molar-refractivity contribution in [2.24, 2.45) is 5.73 Å². The van der Waals surface area contributed by atoms with Gasteiger partial charge in [0.1, 0.15) is 17.1 Å². The molecule has 1 spiro atoms. The number of nitro groups is 1. The van der Waals surface area contributed by atoms with Crippen LogP contribution in [0.25, 0.3) is 11.3 Å². The number of nitro benzene ring substituents is 1. The van der Waals surface area contributed by atoms with Gasteiger partial charge in [0, 0.05) is 11.6 Å². The zero-order valence-corrected chi connectivity index (χ0v) is 12.8. The van der Waals surface area contributed by atoms with Crippen LogP contribution >= 0.6 is 0 Å². The van der Waals surface area contributed by atoms with Gasteiger partial charge in [-0.1, -0.05) is 0 Å². The first-order valence-corrected chi connectivity index (χ1v) is 7.50. The van der Waals surface area contributed by atoms with E-state index < -0.39 is 27.9 Å². The Balaban J connectivity index is 1.92. The largest absolute Gasteiger partial charge is 0.365 e. The number of fused-ring (bicyclic) bond motifs is 2. The number of nitrogens with zero attached hydrogens (tertiary/aromatic N) is 3. The maximum absolute atomic E-state index is 14.0. The summed E-state index contributed by atoms with van der Waals surface area (Å²) in [6, 6.07) is 3.23. The number of amides is 2. The molecule has 1 fully saturated rings. The lowest BCUT2D eigenvalue weighted by Gasteiger charge is -2.24. The molecule has 4 rings (SSSR count). The summed E-state index contributed by atoms with van der Waals surface area (Å²) < 4.78 is 15.5. The Morgan fingerprint density at radius 1 is 1.44 bits per heavy atom. The van der Waals surface area contributed by atoms with Crippen LogP contribution in [0.3, 0.4) is 0 Å². The monoisotopic (exact) mass is 345 g/mol. The molecule has 1 aliphatic carbocycles. The number of hydrogen-bond acceptors (Lipinski definition) is 5. The summed E-state index contributed by atoms with van der Waals surface area (Å²) in [5, 5.41) is 17.7. The fourth-order valence-electron chi connectivity index (χ4n) is 3.20. The van der Waals surface area contributed by atoms with Crippen molar-refractivity contribution < 1.29 is 18.9 Å². The minimum Gasteiger partial charge on any atom is -0.365 e. The van der Waals surface area contributed by atoms with Crippen LogP contribution in [-0.2, 0) is 10.3 Å². The van der Waals surface area contributed by atoms with Crippen LogP contribution in [0.15, 0.2) is 18.2 Å². The van der Waals surface area contributed by atoms with E-state index in [0.29, 0.717) is 0 Å². The molecule has 1 aliphatic heterocycles. The molecule has 1 aromatic heterocycles. The molecule has 3 N–H and O–H groups in total. The van der Waals surface area contributed by atoms with Crippen LogP contribution in [0.5, 0.6) is 0 Å². The second-order valence-electron chi connectivity index (χ2n) is 6.22. The summed E-state index contributed by atoms with van der Waals surface area (Å²) in [7, 11) is 0. The summed E-state index contributed by atoms with van der Waals surface area (Å²) in [4.78, 5) is 33.8. The average molecular weight is 345 g/mol. The lowest BCUT2D eigenvalue weighted by atomic mass is 10.0. The smallest absolute Gasteiger partial charge is 0.304 e. The van der Waals surface area contributed by atoms with E-state index in [4.69, 9.17) is 5.73 Å². The van der Waals surface area contributed by atoms with E-state index in [1.165, 1.54) is 6.07 Å². The molecule has 1 aromatic carbocycles. The highest BCUT2D eigenvalue weighted by atomic mass is 19.1. The Morgan fingerprint density at radius 3 is 2.72 bits per heavy atom. The maximum Gasteiger partial charge on any atom is 0.304 e. The van der Waals surface area contributed by atoms with Gasteiger partial charge in [-0.3, -0.25) is 19.7 Å². The van der Waals surface area contributed by atoms with Gasteiger partial charge in [0.2, 0.25) is 11.7 Å². The van der Waals surface area contributed by atoms with Crippen molar-refractivity contribution in [2.45, 2.75) is 24.8 Å². The van der Waals surface area contributed by atoms with Gasteiger partial charge in [-0.2, -0.15) is 9.49 Å². The van der Waals surface area contributed by atoms with E-state index in [1.807, 2.05) is 0 Å². The molecule has 0 atom stereocenters. The number of carbonyl (C=O) groups is 2. The molecule has 0 unspecified atom stereocenters. The Labute approximate surface area is 139 Å². The predicted molar refractivity (Wildman–Crippen MR) is 83.2 cm³/mol. The summed E-state index contributed by atoms with van der Waals surface area (Å²) in [6.07, 6.45) is 1.72. The van der Waals surface area contributed by atoms with Gasteiger partial charge in [-0.05, 0) is 25.0 Å². The second kappa shape index (κ2) is 4.85. The Bertz CT molecular complexity index is 963. The third-order valence-electron chi connectivity index (χ3n) is 4.57. The molecular formula is C15H12FN5O4. The third kappa shape index (κ3) is 2.17. The summed E-state index contributed by atoms with van der Waals surface area (Å²) in [5.74, 6) is -1.93. The summed E-state index contributed by atoms with van der Waals surface area (Å²) in [6.45, 7) is 0. The standard InChI is InChI=1S/C15H12FN5O4/c16-8-5-7(1-2-9(8)21(24)25)12-11(13(17)23)14-18-10(22)6-15(3-4-15)20(14)19-12/h1-2,5H,3-4,6H2,(H2,17,23)(H,18,22). The molecule has 25 heavy (non-hydrogen) atoms. The van der Waals surface area contributed by atoms with Crippen LogP contribution in [0.4, 0.5) is 15.9 Å². The van der Waals surface area contributed by atoms with E-state index in [9.17, 15) is 24.1 Å². The first kappa shape index (κ1) is 15.2. The van der Waals surface area contributed by atoms with Crippen molar-refractivity contribution >= 4 is 23.3 Å². The van der Waals surface area contributed by atoms with Crippen molar-refractivity contribution in [3.63, 3.8) is 0 Å². The van der Waals surface area contributed by atoms with Crippen molar-refractivity contribution in [1.29, 1.82) is 0 Å². The number of carbonyl (C=O) groups excluding carboxylic acids is 2. The number of halogens is 1. The molecule has 128 valence electrons. The van der Waals surface area contributed by atoms with Crippen molar-refractivity contribution in [3.05, 3.63) is 39.7 Å². The van der Waals surface area contributed by atoms with E-state index in [1.54, 1.807) is 4.68 Å². The Hall–Kier alpha value is -3.30. The van der Waals surface area contributed by atoms with Gasteiger partial charge >= 0.3 is 5.69 Å². The molecule has 10 heteroatoms. The number of anilines is 1. The van der Waals surface area contributed by atoms with E-state index >= 15 is 0 Å². The van der Waals surface area contributed by atoms with Crippen molar-refractivity contribution in [2.75, 3.05) is 5.32 Å². The average Bonchev–Trinajstić information content (AvgIpc) is 3.16. The highest BCUT2D eigenvalue weighted by Crippen LogP contribution is 2.51. The zero-order valence-electron chi connectivity index (χ0n) is 12.8. The molecule has 1 saturated carbocycles. The van der Waals surface area contributed by atoms with E-state index in [2.05, 4.69) is 10.4 Å². The number of benzene rings is 1. The lowest BCUT2D eigenvalue weighted by molar-refractivity contribution is -0.387. The number of nitrogens with one attached hydrogen (secondary N) is 1. The van der Waals surface area contributed by atoms with Crippen LogP contribution in [-0.4, -0.2) is 26.5 Å². The number of rotatable bonds is 3. The molecule has 2 amide bonds. The van der Waals surface area contributed by atoms with Crippen LogP contribution in [0.1, 0.15) is 29.6 Å². The highest BCUT2D eigenvalue weighted by Gasteiger charge is 2.52. The van der Waals surface area contributed by atoms with Gasteiger partial charge < -0.3 is 11.1 Å². The molecular weight excluding hydrogens is 333 g/mol. The molecule has 0 bridgehead atoms. The maximum atomic E-state index is 14.0. The number of aromatic nitrogens is 2. The number of nitrogens with two attached hydrogens (primary N) is 1. The quantitative estimate of drug-likeness (QED) is 0.643. The van der Waals surface area contributed by atoms with Gasteiger partial charge in [-0.25, -0.2) is 4.68 Å². The molecule has 2 aliphatic rings. The minimum absolute atomic E-state index is 0.0346. The Kier molecular flexibility index (Phi) is 2.96. The van der Waals surface area contributed by atoms with Crippen LogP contribution in [0.2, 0.25) is 0 Å². The fourth-order valence-corrected chi connectivity index (χ4v) is 3.20. The first-order valence-electron chi connectivity index (χ1n) is 7.50. The zero-order chi connectivity index (χ0) is 17.9. The lowest BCUT2D eigenvalue weighted by Crippen LogP contribution is -2.34. The van der Waals surface area contributed by atoms with Crippen LogP contribution in [0, 0.1) is 15.9 Å². The van der Waals surface area contributed by atoms with Gasteiger partial charge in [0.25, 0.3) is 5.91 Å². The number of primary amides is 1. The normalized spacial score (nSPS) is 17.1. The second-order valence-corrected chi connectivity index (χ2v) is 6.22. The summed E-state index contributed by atoms with van der Waals surface area (Å²) in [5.41, 5.74) is 4.52. The molecule has 0 radical (unpaired) electrons. The molecule has 2 aromatic rings. The molecule has 0 saturated heterocycles. The van der Waals surface area contributed by atoms with Gasteiger partial charge in [-0.15, -0.1) is 0 Å². The predicted octanol–water partition coefficient (Wildman–Crippen LogP) is 1.53. The van der Waals surface area contributed by atoms with Gasteiger partial charge in [0.05, 0.1) is 16.9 Å². The number of hydrogen-bond donors (Lipinski definition) is 2. The molecule has 9 nitrogen and oxygen atoms in total. The summed E-state index contributed by atoms with van der Waals surface area (Å²) >= 11 is 0. The van der Waals surface area contributed by atoms with E-state index in [0.717, 1.165) is 25.0 Å². The van der Waals surface area contributed by atoms with Crippen molar-refractivity contribution in [3.8, 4) is 11.3 Å². The SMILES string of the molecule is NC(=O)c1c(-c2ccc([N+](=O)[O-])c(F)c2)nn2c1NC(=O)CC21CC1. The highest BCUT2D eigenvalue weighted by molar-refractivity contribution is 6.07. The van der Waals surface area contributed by atoms with E-state index in [-0.39, 0.29) is 35.0 Å². The first-order chi connectivity index (χ1) is 11.8. The Morgan fingerprint density at radius 2 is 2.16 bits per heavy atom. The fraction of sp³-hybridized carbons (Fsp3) is 0.267. The minimum atomic E-state index is -1.05. The third-order valence-corrected chi connectivity index (χ3v) is 4.57.